The first-order valence-corrected chi connectivity index (χ1v) is 7.22. The van der Waals surface area contributed by atoms with Crippen LogP contribution in [-0.4, -0.2) is 37.2 Å². The maximum absolute atomic E-state index is 12.9. The van der Waals surface area contributed by atoms with E-state index >= 15 is 0 Å². The minimum absolute atomic E-state index is 0.270. The number of carbonyl (C=O) groups is 3. The zero-order valence-electron chi connectivity index (χ0n) is 14.2. The molecule has 0 atom stereocenters. The first-order valence-electron chi connectivity index (χ1n) is 7.22. The topological polar surface area (TPSA) is 93.1 Å². The lowest BCUT2D eigenvalue weighted by molar-refractivity contribution is -0.138. The van der Waals surface area contributed by atoms with Crippen LogP contribution in [0.25, 0.3) is 0 Å². The molecule has 24 heavy (non-hydrogen) atoms. The summed E-state index contributed by atoms with van der Waals surface area (Å²) in [6.45, 7) is 4.69. The fourth-order valence-electron chi connectivity index (χ4n) is 2.79. The number of aliphatic carboxylic acids is 1. The van der Waals surface area contributed by atoms with Crippen molar-refractivity contribution in [2.24, 2.45) is 5.41 Å². The third kappa shape index (κ3) is 2.51. The van der Waals surface area contributed by atoms with E-state index in [-0.39, 0.29) is 11.3 Å². The van der Waals surface area contributed by atoms with Gasteiger partial charge in [-0.3, -0.25) is 9.69 Å². The second kappa shape index (κ2) is 5.99. The molecular formula is C17H19NO6. The van der Waals surface area contributed by atoms with Gasteiger partial charge in [0.15, 0.2) is 0 Å². The van der Waals surface area contributed by atoms with Gasteiger partial charge < -0.3 is 14.6 Å². The van der Waals surface area contributed by atoms with Gasteiger partial charge in [0.25, 0.3) is 0 Å². The normalized spacial score (nSPS) is 16.4. The minimum atomic E-state index is -1.36. The predicted octanol–water partition coefficient (Wildman–Crippen LogP) is 1.89. The van der Waals surface area contributed by atoms with E-state index in [2.05, 4.69) is 0 Å². The average molecular weight is 333 g/mol. The number of carboxylic acid groups (broad SMARTS) is 1. The maximum atomic E-state index is 12.9. The molecular weight excluding hydrogens is 314 g/mol. The van der Waals surface area contributed by atoms with Crippen molar-refractivity contribution in [1.29, 1.82) is 0 Å². The van der Waals surface area contributed by atoms with Crippen LogP contribution >= 0.6 is 0 Å². The number of aryl methyl sites for hydroxylation is 1. The number of amides is 1. The number of carbonyl (C=O) groups excluding carboxylic acids is 2. The Labute approximate surface area is 139 Å². The molecule has 0 saturated carbocycles. The number of benzene rings is 1. The molecule has 1 aliphatic rings. The van der Waals surface area contributed by atoms with Crippen LogP contribution in [0.1, 0.15) is 19.4 Å². The Morgan fingerprint density at radius 3 is 2.29 bits per heavy atom. The van der Waals surface area contributed by atoms with Gasteiger partial charge >= 0.3 is 11.9 Å². The van der Waals surface area contributed by atoms with Gasteiger partial charge in [-0.25, -0.2) is 9.59 Å². The van der Waals surface area contributed by atoms with Crippen LogP contribution in [0.15, 0.2) is 29.5 Å². The largest absolute Gasteiger partial charge is 0.497 e. The van der Waals surface area contributed by atoms with Gasteiger partial charge in [0.1, 0.15) is 11.4 Å². The molecule has 1 amide bonds. The van der Waals surface area contributed by atoms with Crippen molar-refractivity contribution in [1.82, 2.24) is 0 Å². The molecule has 0 aromatic heterocycles. The second-order valence-electron chi connectivity index (χ2n) is 5.94. The van der Waals surface area contributed by atoms with Crippen LogP contribution in [-0.2, 0) is 19.1 Å². The highest BCUT2D eigenvalue weighted by Gasteiger charge is 2.52. The van der Waals surface area contributed by atoms with E-state index in [1.165, 1.54) is 21.0 Å². The van der Waals surface area contributed by atoms with Crippen LogP contribution in [0.5, 0.6) is 5.75 Å². The lowest BCUT2D eigenvalue weighted by atomic mass is 9.85. The fraction of sp³-hybridized carbons (Fsp3) is 0.353. The molecule has 7 heteroatoms. The smallest absolute Gasteiger partial charge is 0.355 e. The molecule has 0 spiro atoms. The van der Waals surface area contributed by atoms with E-state index < -0.39 is 23.3 Å². The molecule has 1 N–H and O–H groups in total. The molecule has 2 rings (SSSR count). The molecule has 7 nitrogen and oxygen atoms in total. The van der Waals surface area contributed by atoms with Crippen LogP contribution in [0.4, 0.5) is 5.69 Å². The SMILES string of the molecule is COC(=O)C1=C(C(=O)O)C(C)(C)C(=O)N1c1ccc(OC)cc1C. The van der Waals surface area contributed by atoms with Crippen LogP contribution in [0, 0.1) is 12.3 Å². The van der Waals surface area contributed by atoms with Crippen LogP contribution in [0.2, 0.25) is 0 Å². The Morgan fingerprint density at radius 1 is 1.21 bits per heavy atom. The molecule has 0 fully saturated rings. The van der Waals surface area contributed by atoms with Crippen molar-refractivity contribution in [2.45, 2.75) is 20.8 Å². The number of hydrogen-bond donors (Lipinski definition) is 1. The van der Waals surface area contributed by atoms with Gasteiger partial charge in [0, 0.05) is 0 Å². The van der Waals surface area contributed by atoms with E-state index in [4.69, 9.17) is 9.47 Å². The second-order valence-corrected chi connectivity index (χ2v) is 5.94. The van der Waals surface area contributed by atoms with E-state index in [1.807, 2.05) is 0 Å². The van der Waals surface area contributed by atoms with Gasteiger partial charge in [-0.15, -0.1) is 0 Å². The lowest BCUT2D eigenvalue weighted by Gasteiger charge is -2.24. The number of nitrogens with zero attached hydrogens (tertiary/aromatic N) is 1. The molecule has 0 radical (unpaired) electrons. The fourth-order valence-corrected chi connectivity index (χ4v) is 2.79. The Morgan fingerprint density at radius 2 is 1.83 bits per heavy atom. The first-order chi connectivity index (χ1) is 11.2. The van der Waals surface area contributed by atoms with Crippen LogP contribution < -0.4 is 9.64 Å². The molecule has 1 heterocycles. The Bertz CT molecular complexity index is 762. The van der Waals surface area contributed by atoms with Crippen molar-refractivity contribution < 1.29 is 29.0 Å². The summed E-state index contributed by atoms with van der Waals surface area (Å²) >= 11 is 0. The summed E-state index contributed by atoms with van der Waals surface area (Å²) in [5, 5.41) is 9.53. The summed E-state index contributed by atoms with van der Waals surface area (Å²) in [5.74, 6) is -2.12. The highest BCUT2D eigenvalue weighted by atomic mass is 16.5. The standard InChI is InChI=1S/C17H19NO6/c1-9-8-10(23-4)6-7-11(9)18-13(15(21)24-5)12(14(19)20)17(2,3)16(18)22/h6-8H,1-5H3,(H,19,20). The number of ether oxygens (including phenoxy) is 2. The average Bonchev–Trinajstić information content (AvgIpc) is 2.73. The maximum Gasteiger partial charge on any atom is 0.355 e. The van der Waals surface area contributed by atoms with Gasteiger partial charge in [-0.2, -0.15) is 0 Å². The molecule has 0 saturated heterocycles. The number of hydrogen-bond acceptors (Lipinski definition) is 5. The molecule has 128 valence electrons. The molecule has 0 aliphatic carbocycles. The van der Waals surface area contributed by atoms with Gasteiger partial charge in [-0.05, 0) is 44.5 Å². The Hall–Kier alpha value is -2.83. The third-order valence-electron chi connectivity index (χ3n) is 4.06. The van der Waals surface area contributed by atoms with Crippen molar-refractivity contribution in [3.63, 3.8) is 0 Å². The van der Waals surface area contributed by atoms with Crippen molar-refractivity contribution >= 4 is 23.5 Å². The van der Waals surface area contributed by atoms with Crippen molar-refractivity contribution in [3.05, 3.63) is 35.0 Å². The summed E-state index contributed by atoms with van der Waals surface area (Å²) < 4.78 is 9.85. The summed E-state index contributed by atoms with van der Waals surface area (Å²) in [6.07, 6.45) is 0. The monoisotopic (exact) mass is 333 g/mol. The Kier molecular flexibility index (Phi) is 4.38. The van der Waals surface area contributed by atoms with Gasteiger partial charge in [-0.1, -0.05) is 0 Å². The van der Waals surface area contributed by atoms with Crippen molar-refractivity contribution in [2.75, 3.05) is 19.1 Å². The summed E-state index contributed by atoms with van der Waals surface area (Å²) in [5.41, 5.74) is -0.846. The number of carboxylic acids is 1. The number of rotatable bonds is 4. The molecule has 0 bridgehead atoms. The van der Waals surface area contributed by atoms with E-state index in [1.54, 1.807) is 25.1 Å². The Balaban J connectivity index is 2.74. The van der Waals surface area contributed by atoms with E-state index in [0.717, 1.165) is 12.0 Å². The minimum Gasteiger partial charge on any atom is -0.497 e. The highest BCUT2D eigenvalue weighted by Crippen LogP contribution is 2.44. The number of esters is 1. The highest BCUT2D eigenvalue weighted by molar-refractivity contribution is 6.20. The molecule has 0 unspecified atom stereocenters. The zero-order chi connectivity index (χ0) is 18.2. The molecule has 1 aromatic rings. The summed E-state index contributed by atoms with van der Waals surface area (Å²) in [6, 6.07) is 4.94. The first kappa shape index (κ1) is 17.5. The zero-order valence-corrected chi connectivity index (χ0v) is 14.2. The number of methoxy groups -OCH3 is 2. The van der Waals surface area contributed by atoms with Crippen molar-refractivity contribution in [3.8, 4) is 5.75 Å². The third-order valence-corrected chi connectivity index (χ3v) is 4.06. The van der Waals surface area contributed by atoms with Gasteiger partial charge in [0.2, 0.25) is 5.91 Å². The van der Waals surface area contributed by atoms with Crippen LogP contribution in [0.3, 0.4) is 0 Å². The van der Waals surface area contributed by atoms with E-state index in [9.17, 15) is 19.5 Å². The number of anilines is 1. The molecule has 1 aliphatic heterocycles. The van der Waals surface area contributed by atoms with Gasteiger partial charge in [0.05, 0.1) is 30.9 Å². The lowest BCUT2D eigenvalue weighted by Crippen LogP contribution is -2.35. The summed E-state index contributed by atoms with van der Waals surface area (Å²) in [7, 11) is 2.66. The predicted molar refractivity (Wildman–Crippen MR) is 85.7 cm³/mol. The molecule has 1 aromatic carbocycles. The quantitative estimate of drug-likeness (QED) is 0.846. The summed E-state index contributed by atoms with van der Waals surface area (Å²) in [4.78, 5) is 37.9. The van der Waals surface area contributed by atoms with E-state index in [0.29, 0.717) is 17.0 Å².